The van der Waals surface area contributed by atoms with E-state index in [0.29, 0.717) is 18.8 Å². The van der Waals surface area contributed by atoms with Crippen molar-refractivity contribution in [3.8, 4) is 0 Å². The first-order chi connectivity index (χ1) is 7.66. The van der Waals surface area contributed by atoms with Gasteiger partial charge in [0, 0.05) is 18.8 Å². The fourth-order valence-electron chi connectivity index (χ4n) is 1.49. The largest absolute Gasteiger partial charge is 0.335 e. The van der Waals surface area contributed by atoms with E-state index < -0.39 is 0 Å². The lowest BCUT2D eigenvalue weighted by molar-refractivity contribution is 0.0699. The number of carbonyl (C=O) groups excluding carboxylic acids is 1. The first kappa shape index (κ1) is 12.6. The molecule has 0 aliphatic heterocycles. The highest BCUT2D eigenvalue weighted by molar-refractivity contribution is 5.92. The van der Waals surface area contributed by atoms with E-state index in [1.807, 2.05) is 19.9 Å². The van der Waals surface area contributed by atoms with Crippen LogP contribution in [0.5, 0.6) is 0 Å². The van der Waals surface area contributed by atoms with Gasteiger partial charge in [-0.2, -0.15) is 0 Å². The summed E-state index contributed by atoms with van der Waals surface area (Å²) in [4.78, 5) is 18.0. The minimum Gasteiger partial charge on any atom is -0.335 e. The average molecular weight is 221 g/mol. The summed E-state index contributed by atoms with van der Waals surface area (Å²) >= 11 is 0. The molecule has 1 amide bonds. The monoisotopic (exact) mass is 221 g/mol. The number of pyridine rings is 1. The van der Waals surface area contributed by atoms with Gasteiger partial charge in [-0.25, -0.2) is 0 Å². The molecule has 0 unspecified atom stereocenters. The van der Waals surface area contributed by atoms with Crippen LogP contribution in [0.15, 0.2) is 24.4 Å². The summed E-state index contributed by atoms with van der Waals surface area (Å²) in [7, 11) is 0. The van der Waals surface area contributed by atoms with Crippen LogP contribution in [0.2, 0.25) is 0 Å². The van der Waals surface area contributed by atoms with Crippen LogP contribution in [-0.4, -0.2) is 34.9 Å². The molecule has 0 saturated carbocycles. The van der Waals surface area contributed by atoms with Gasteiger partial charge in [0.25, 0.3) is 5.91 Å². The number of amides is 1. The molecular formula is C12H19N3O. The predicted octanol–water partition coefficient (Wildman–Crippen LogP) is 1.28. The summed E-state index contributed by atoms with van der Waals surface area (Å²) in [6, 6.07) is 5.53. The number of rotatable bonds is 5. The summed E-state index contributed by atoms with van der Waals surface area (Å²) in [5.41, 5.74) is 5.96. The quantitative estimate of drug-likeness (QED) is 0.814. The second-order valence-corrected chi connectivity index (χ2v) is 3.95. The van der Waals surface area contributed by atoms with E-state index in [0.717, 1.165) is 6.42 Å². The first-order valence-electron chi connectivity index (χ1n) is 5.59. The highest BCUT2D eigenvalue weighted by atomic mass is 16.2. The van der Waals surface area contributed by atoms with Crippen LogP contribution in [0.3, 0.4) is 0 Å². The Kier molecular flexibility index (Phi) is 4.92. The molecule has 16 heavy (non-hydrogen) atoms. The Morgan fingerprint density at radius 2 is 2.25 bits per heavy atom. The molecule has 1 rings (SSSR count). The summed E-state index contributed by atoms with van der Waals surface area (Å²) < 4.78 is 0. The molecule has 0 fully saturated rings. The minimum atomic E-state index is -0.0240. The van der Waals surface area contributed by atoms with Gasteiger partial charge in [0.15, 0.2) is 0 Å². The van der Waals surface area contributed by atoms with Gasteiger partial charge >= 0.3 is 0 Å². The van der Waals surface area contributed by atoms with Crippen molar-refractivity contribution in [1.82, 2.24) is 9.88 Å². The molecular weight excluding hydrogens is 202 g/mol. The van der Waals surface area contributed by atoms with Gasteiger partial charge in [-0.3, -0.25) is 9.78 Å². The maximum atomic E-state index is 12.1. The van der Waals surface area contributed by atoms with Crippen LogP contribution < -0.4 is 5.73 Å². The summed E-state index contributed by atoms with van der Waals surface area (Å²) in [6.45, 7) is 5.27. The lowest BCUT2D eigenvalue weighted by atomic mass is 10.2. The maximum absolute atomic E-state index is 12.1. The van der Waals surface area contributed by atoms with Crippen molar-refractivity contribution in [2.75, 3.05) is 13.1 Å². The molecule has 0 aliphatic rings. The van der Waals surface area contributed by atoms with E-state index in [2.05, 4.69) is 4.98 Å². The molecule has 1 aromatic heterocycles. The molecule has 0 aliphatic carbocycles. The van der Waals surface area contributed by atoms with Crippen LogP contribution in [-0.2, 0) is 0 Å². The third kappa shape index (κ3) is 3.31. The number of carbonyl (C=O) groups is 1. The van der Waals surface area contributed by atoms with E-state index in [1.54, 1.807) is 23.2 Å². The van der Waals surface area contributed by atoms with Crippen LogP contribution >= 0.6 is 0 Å². The topological polar surface area (TPSA) is 59.2 Å². The average Bonchev–Trinajstić information content (AvgIpc) is 2.30. The van der Waals surface area contributed by atoms with Gasteiger partial charge in [-0.15, -0.1) is 0 Å². The molecule has 1 heterocycles. The third-order valence-corrected chi connectivity index (χ3v) is 2.37. The van der Waals surface area contributed by atoms with Crippen molar-refractivity contribution < 1.29 is 4.79 Å². The maximum Gasteiger partial charge on any atom is 0.272 e. The van der Waals surface area contributed by atoms with Crippen molar-refractivity contribution >= 4 is 5.91 Å². The van der Waals surface area contributed by atoms with E-state index in [-0.39, 0.29) is 11.9 Å². The number of nitrogens with zero attached hydrogens (tertiary/aromatic N) is 2. The number of hydrogen-bond acceptors (Lipinski definition) is 3. The molecule has 0 atom stereocenters. The lowest BCUT2D eigenvalue weighted by Crippen LogP contribution is -2.38. The van der Waals surface area contributed by atoms with Gasteiger partial charge < -0.3 is 10.6 Å². The van der Waals surface area contributed by atoms with Crippen LogP contribution in [0.4, 0.5) is 0 Å². The summed E-state index contributed by atoms with van der Waals surface area (Å²) in [5, 5.41) is 0. The molecule has 1 aromatic rings. The van der Waals surface area contributed by atoms with Gasteiger partial charge in [0.05, 0.1) is 0 Å². The van der Waals surface area contributed by atoms with E-state index in [1.165, 1.54) is 0 Å². The van der Waals surface area contributed by atoms with E-state index >= 15 is 0 Å². The zero-order valence-corrected chi connectivity index (χ0v) is 9.89. The van der Waals surface area contributed by atoms with Gasteiger partial charge in [-0.1, -0.05) is 6.07 Å². The van der Waals surface area contributed by atoms with Crippen molar-refractivity contribution in [3.63, 3.8) is 0 Å². The fraction of sp³-hybridized carbons (Fsp3) is 0.500. The zero-order valence-electron chi connectivity index (χ0n) is 9.89. The Hall–Kier alpha value is -1.42. The second-order valence-electron chi connectivity index (χ2n) is 3.95. The van der Waals surface area contributed by atoms with Crippen molar-refractivity contribution in [2.24, 2.45) is 5.73 Å². The Morgan fingerprint density at radius 3 is 2.75 bits per heavy atom. The zero-order chi connectivity index (χ0) is 12.0. The van der Waals surface area contributed by atoms with Gasteiger partial charge in [-0.05, 0) is 38.9 Å². The third-order valence-electron chi connectivity index (χ3n) is 2.37. The lowest BCUT2D eigenvalue weighted by Gasteiger charge is -2.26. The summed E-state index contributed by atoms with van der Waals surface area (Å²) in [5.74, 6) is -0.0240. The highest BCUT2D eigenvalue weighted by Crippen LogP contribution is 2.06. The van der Waals surface area contributed by atoms with Crippen molar-refractivity contribution in [2.45, 2.75) is 26.3 Å². The number of nitrogens with two attached hydrogens (primary N) is 1. The smallest absolute Gasteiger partial charge is 0.272 e. The van der Waals surface area contributed by atoms with Gasteiger partial charge in [0.1, 0.15) is 5.69 Å². The normalized spacial score (nSPS) is 10.5. The Morgan fingerprint density at radius 1 is 1.50 bits per heavy atom. The molecule has 0 saturated heterocycles. The fourth-order valence-corrected chi connectivity index (χ4v) is 1.49. The molecule has 4 heteroatoms. The van der Waals surface area contributed by atoms with Crippen molar-refractivity contribution in [1.29, 1.82) is 0 Å². The molecule has 0 aromatic carbocycles. The predicted molar refractivity (Wildman–Crippen MR) is 64.1 cm³/mol. The van der Waals surface area contributed by atoms with E-state index in [9.17, 15) is 4.79 Å². The Bertz CT molecular complexity index is 324. The van der Waals surface area contributed by atoms with Crippen LogP contribution in [0, 0.1) is 0 Å². The Labute approximate surface area is 96.5 Å². The van der Waals surface area contributed by atoms with Crippen LogP contribution in [0.1, 0.15) is 30.8 Å². The SMILES string of the molecule is CC(C)N(CCCN)C(=O)c1ccccn1. The number of aromatic nitrogens is 1. The summed E-state index contributed by atoms with van der Waals surface area (Å²) in [6.07, 6.45) is 2.45. The molecule has 0 radical (unpaired) electrons. The second kappa shape index (κ2) is 6.23. The molecule has 4 nitrogen and oxygen atoms in total. The van der Waals surface area contributed by atoms with Crippen LogP contribution in [0.25, 0.3) is 0 Å². The molecule has 0 spiro atoms. The molecule has 0 bridgehead atoms. The van der Waals surface area contributed by atoms with Crippen molar-refractivity contribution in [3.05, 3.63) is 30.1 Å². The van der Waals surface area contributed by atoms with Gasteiger partial charge in [0.2, 0.25) is 0 Å². The standard InChI is InChI=1S/C12H19N3O/c1-10(2)15(9-5-7-13)12(16)11-6-3-4-8-14-11/h3-4,6,8,10H,5,7,9,13H2,1-2H3. The van der Waals surface area contributed by atoms with E-state index in [4.69, 9.17) is 5.73 Å². The number of hydrogen-bond donors (Lipinski definition) is 1. The first-order valence-corrected chi connectivity index (χ1v) is 5.59. The highest BCUT2D eigenvalue weighted by Gasteiger charge is 2.18. The Balaban J connectivity index is 2.75. The molecule has 2 N–H and O–H groups in total. The molecule has 88 valence electrons. The minimum absolute atomic E-state index is 0.0240.